The Hall–Kier alpha value is -0.120. The smallest absolute Gasteiger partial charge is 0.146 e. The van der Waals surface area contributed by atoms with Gasteiger partial charge in [-0.25, -0.2) is 0 Å². The molecular formula is C5H9NO2. The van der Waals surface area contributed by atoms with Crippen molar-refractivity contribution >= 4 is 0 Å². The fourth-order valence-corrected chi connectivity index (χ4v) is 0.904. The van der Waals surface area contributed by atoms with Gasteiger partial charge in [-0.1, -0.05) is 0 Å². The van der Waals surface area contributed by atoms with Crippen LogP contribution in [0.5, 0.6) is 0 Å². The maximum Gasteiger partial charge on any atom is 0.146 e. The molecule has 0 aliphatic carbocycles. The zero-order valence-corrected chi connectivity index (χ0v) is 4.64. The third-order valence-corrected chi connectivity index (χ3v) is 1.60. The van der Waals surface area contributed by atoms with Crippen LogP contribution < -0.4 is 5.32 Å². The number of hydrogen-bond donors (Lipinski definition) is 1. The van der Waals surface area contributed by atoms with Crippen LogP contribution in [0.2, 0.25) is 0 Å². The summed E-state index contributed by atoms with van der Waals surface area (Å²) >= 11 is 0. The van der Waals surface area contributed by atoms with E-state index in [0.717, 1.165) is 19.8 Å². The molecule has 0 radical (unpaired) electrons. The fraction of sp³-hybridized carbons (Fsp3) is 1.00. The highest BCUT2D eigenvalue weighted by Gasteiger charge is 2.44. The van der Waals surface area contributed by atoms with Gasteiger partial charge in [0.05, 0.1) is 18.8 Å². The van der Waals surface area contributed by atoms with Crippen LogP contribution in [-0.2, 0) is 9.47 Å². The van der Waals surface area contributed by atoms with Crippen molar-refractivity contribution in [3.8, 4) is 0 Å². The van der Waals surface area contributed by atoms with E-state index in [1.807, 2.05) is 0 Å². The highest BCUT2D eigenvalue weighted by atomic mass is 16.7. The van der Waals surface area contributed by atoms with Crippen molar-refractivity contribution in [3.05, 3.63) is 0 Å². The molecule has 8 heavy (non-hydrogen) atoms. The lowest BCUT2D eigenvalue weighted by atomic mass is 10.2. The molecule has 3 nitrogen and oxygen atoms in total. The topological polar surface area (TPSA) is 40.4 Å². The number of rotatable bonds is 0. The first kappa shape index (κ1) is 4.73. The molecule has 1 spiro atoms. The Kier molecular flexibility index (Phi) is 0.848. The summed E-state index contributed by atoms with van der Waals surface area (Å²) in [4.78, 5) is 0. The summed E-state index contributed by atoms with van der Waals surface area (Å²) in [6, 6.07) is 0. The highest BCUT2D eigenvalue weighted by Crippen LogP contribution is 2.20. The minimum atomic E-state index is 0.234. The zero-order chi connectivity index (χ0) is 5.45. The predicted octanol–water partition coefficient (Wildman–Crippen LogP) is -0.667. The van der Waals surface area contributed by atoms with Crippen LogP contribution in [0.15, 0.2) is 0 Å². The quantitative estimate of drug-likeness (QED) is 0.426. The van der Waals surface area contributed by atoms with Crippen molar-refractivity contribution in [2.75, 3.05) is 26.6 Å². The fourth-order valence-electron chi connectivity index (χ4n) is 0.904. The monoisotopic (exact) mass is 115 g/mol. The van der Waals surface area contributed by atoms with Crippen molar-refractivity contribution in [3.63, 3.8) is 0 Å². The van der Waals surface area contributed by atoms with E-state index >= 15 is 0 Å². The summed E-state index contributed by atoms with van der Waals surface area (Å²) in [6.45, 7) is 3.19. The van der Waals surface area contributed by atoms with Crippen LogP contribution in [0.4, 0.5) is 0 Å². The lowest BCUT2D eigenvalue weighted by molar-refractivity contribution is -0.114. The van der Waals surface area contributed by atoms with Gasteiger partial charge < -0.3 is 14.8 Å². The van der Waals surface area contributed by atoms with E-state index in [9.17, 15) is 0 Å². The molecule has 0 bridgehead atoms. The molecule has 0 atom stereocenters. The second-order valence-electron chi connectivity index (χ2n) is 2.45. The molecule has 2 rings (SSSR count). The van der Waals surface area contributed by atoms with E-state index < -0.39 is 0 Å². The van der Waals surface area contributed by atoms with Crippen LogP contribution in [0.3, 0.4) is 0 Å². The van der Waals surface area contributed by atoms with Crippen LogP contribution in [0.1, 0.15) is 0 Å². The standard InChI is InChI=1S/C5H9NO2/c1-5(6-1)2-7-4-8-3-5/h6H,1-4H2. The molecule has 2 aliphatic heterocycles. The largest absolute Gasteiger partial charge is 0.353 e. The molecule has 0 aromatic heterocycles. The first-order valence-corrected chi connectivity index (χ1v) is 2.82. The second kappa shape index (κ2) is 1.43. The summed E-state index contributed by atoms with van der Waals surface area (Å²) in [6.07, 6.45) is 0. The van der Waals surface area contributed by atoms with Crippen LogP contribution in [-0.4, -0.2) is 32.1 Å². The van der Waals surface area contributed by atoms with Crippen LogP contribution >= 0.6 is 0 Å². The Labute approximate surface area is 48.0 Å². The third-order valence-electron chi connectivity index (χ3n) is 1.60. The van der Waals surface area contributed by atoms with Crippen molar-refractivity contribution in [1.29, 1.82) is 0 Å². The summed E-state index contributed by atoms with van der Waals surface area (Å²) in [5.74, 6) is 0. The van der Waals surface area contributed by atoms with Crippen LogP contribution in [0.25, 0.3) is 0 Å². The summed E-state index contributed by atoms with van der Waals surface area (Å²) in [5.41, 5.74) is 0.234. The predicted molar refractivity (Wildman–Crippen MR) is 27.5 cm³/mol. The lowest BCUT2D eigenvalue weighted by Gasteiger charge is -2.19. The summed E-state index contributed by atoms with van der Waals surface area (Å²) < 4.78 is 10.1. The molecule has 0 aromatic rings. The van der Waals surface area contributed by atoms with Crippen molar-refractivity contribution < 1.29 is 9.47 Å². The first-order chi connectivity index (χ1) is 3.91. The van der Waals surface area contributed by atoms with E-state index in [-0.39, 0.29) is 5.54 Å². The van der Waals surface area contributed by atoms with Gasteiger partial charge in [0.25, 0.3) is 0 Å². The van der Waals surface area contributed by atoms with E-state index in [0.29, 0.717) is 6.79 Å². The molecule has 0 amide bonds. The van der Waals surface area contributed by atoms with Crippen molar-refractivity contribution in [1.82, 2.24) is 5.32 Å². The normalized spacial score (nSPS) is 33.0. The average Bonchev–Trinajstić information content (AvgIpc) is 2.52. The average molecular weight is 115 g/mol. The van der Waals surface area contributed by atoms with E-state index in [1.165, 1.54) is 0 Å². The molecule has 0 unspecified atom stereocenters. The maximum atomic E-state index is 5.06. The maximum absolute atomic E-state index is 5.06. The van der Waals surface area contributed by atoms with Gasteiger partial charge in [0.15, 0.2) is 0 Å². The van der Waals surface area contributed by atoms with Gasteiger partial charge in [0, 0.05) is 6.54 Å². The molecule has 2 aliphatic rings. The van der Waals surface area contributed by atoms with Crippen molar-refractivity contribution in [2.24, 2.45) is 0 Å². The Balaban J connectivity index is 1.95. The van der Waals surface area contributed by atoms with Gasteiger partial charge in [-0.05, 0) is 0 Å². The van der Waals surface area contributed by atoms with Gasteiger partial charge in [0.1, 0.15) is 6.79 Å². The first-order valence-electron chi connectivity index (χ1n) is 2.82. The molecule has 2 heterocycles. The molecule has 2 fully saturated rings. The van der Waals surface area contributed by atoms with E-state index in [2.05, 4.69) is 5.32 Å². The second-order valence-corrected chi connectivity index (χ2v) is 2.45. The van der Waals surface area contributed by atoms with Gasteiger partial charge in [-0.15, -0.1) is 0 Å². The number of ether oxygens (including phenoxy) is 2. The Morgan fingerprint density at radius 3 is 2.25 bits per heavy atom. The third kappa shape index (κ3) is 0.632. The van der Waals surface area contributed by atoms with Crippen LogP contribution in [0, 0.1) is 0 Å². The molecular weight excluding hydrogens is 106 g/mol. The van der Waals surface area contributed by atoms with Gasteiger partial charge in [-0.2, -0.15) is 0 Å². The Morgan fingerprint density at radius 1 is 1.25 bits per heavy atom. The van der Waals surface area contributed by atoms with E-state index in [1.54, 1.807) is 0 Å². The SMILES string of the molecule is C1OCC2(CN2)CO1. The van der Waals surface area contributed by atoms with Gasteiger partial charge >= 0.3 is 0 Å². The minimum Gasteiger partial charge on any atom is -0.353 e. The minimum absolute atomic E-state index is 0.234. The number of nitrogens with one attached hydrogen (secondary N) is 1. The highest BCUT2D eigenvalue weighted by molar-refractivity contribution is 5.04. The molecule has 1 N–H and O–H groups in total. The molecule has 3 heteroatoms. The zero-order valence-electron chi connectivity index (χ0n) is 4.64. The van der Waals surface area contributed by atoms with E-state index in [4.69, 9.17) is 9.47 Å². The Bertz CT molecular complexity index is 92.6. The number of hydrogen-bond acceptors (Lipinski definition) is 3. The molecule has 46 valence electrons. The van der Waals surface area contributed by atoms with Gasteiger partial charge in [-0.3, -0.25) is 0 Å². The van der Waals surface area contributed by atoms with Crippen molar-refractivity contribution in [2.45, 2.75) is 5.54 Å². The summed E-state index contributed by atoms with van der Waals surface area (Å²) in [5, 5.41) is 3.20. The molecule has 2 saturated heterocycles. The molecule has 0 saturated carbocycles. The summed E-state index contributed by atoms with van der Waals surface area (Å²) in [7, 11) is 0. The lowest BCUT2D eigenvalue weighted by Crippen LogP contribution is -2.34. The molecule has 0 aromatic carbocycles. The van der Waals surface area contributed by atoms with Gasteiger partial charge in [0.2, 0.25) is 0 Å². The Morgan fingerprint density at radius 2 is 1.88 bits per heavy atom.